The molecule has 34 heavy (non-hydrogen) atoms. The summed E-state index contributed by atoms with van der Waals surface area (Å²) in [6, 6.07) is 9.79. The van der Waals surface area contributed by atoms with E-state index in [4.69, 9.17) is 9.47 Å². The fourth-order valence-electron chi connectivity index (χ4n) is 3.61. The predicted molar refractivity (Wildman–Crippen MR) is 129 cm³/mol. The number of ether oxygens (including phenoxy) is 2. The lowest BCUT2D eigenvalue weighted by Crippen LogP contribution is -2.35. The highest BCUT2D eigenvalue weighted by atomic mass is 16.5. The lowest BCUT2D eigenvalue weighted by atomic mass is 10.1. The van der Waals surface area contributed by atoms with E-state index < -0.39 is 0 Å². The van der Waals surface area contributed by atoms with Gasteiger partial charge in [0.05, 0.1) is 48.7 Å². The van der Waals surface area contributed by atoms with Crippen LogP contribution in [0.1, 0.15) is 11.3 Å². The number of hydrogen-bond acceptors (Lipinski definition) is 10. The Labute approximate surface area is 199 Å². The van der Waals surface area contributed by atoms with Crippen molar-refractivity contribution in [2.45, 2.75) is 6.54 Å². The number of pyridine rings is 2. The molecule has 0 saturated carbocycles. The summed E-state index contributed by atoms with van der Waals surface area (Å²) < 4.78 is 10.5. The normalized spacial score (nSPS) is 13.9. The topological polar surface area (TPSA) is 112 Å². The highest BCUT2D eigenvalue weighted by Crippen LogP contribution is 2.24. The molecule has 0 amide bonds. The van der Waals surface area contributed by atoms with Crippen molar-refractivity contribution in [3.63, 3.8) is 0 Å². The number of anilines is 3. The molecule has 0 atom stereocenters. The van der Waals surface area contributed by atoms with Crippen molar-refractivity contribution >= 4 is 17.5 Å². The van der Waals surface area contributed by atoms with Crippen molar-refractivity contribution in [2.24, 2.45) is 0 Å². The van der Waals surface area contributed by atoms with E-state index in [1.807, 2.05) is 24.1 Å². The zero-order valence-electron chi connectivity index (χ0n) is 19.4. The Balaban J connectivity index is 1.45. The Bertz CT molecular complexity index is 1130. The Hall–Kier alpha value is -3.65. The maximum Gasteiger partial charge on any atom is 0.227 e. The lowest BCUT2D eigenvalue weighted by Gasteiger charge is -2.26. The molecule has 10 heteroatoms. The van der Waals surface area contributed by atoms with Crippen LogP contribution in [0.5, 0.6) is 0 Å². The monoisotopic (exact) mass is 460 g/mol. The van der Waals surface area contributed by atoms with Gasteiger partial charge in [0, 0.05) is 58.3 Å². The van der Waals surface area contributed by atoms with E-state index in [0.29, 0.717) is 36.2 Å². The highest BCUT2D eigenvalue weighted by Gasteiger charge is 2.13. The SMILES string of the molecule is COCCN(C)c1ncc(-c2ccnc(Nc3ccc(CN4CCOCC4)nc3)n2)cc1C#N. The van der Waals surface area contributed by atoms with Crippen molar-refractivity contribution in [1.82, 2.24) is 24.8 Å². The minimum Gasteiger partial charge on any atom is -0.383 e. The van der Waals surface area contributed by atoms with Gasteiger partial charge in [-0.3, -0.25) is 9.88 Å². The van der Waals surface area contributed by atoms with Crippen LogP contribution in [0.4, 0.5) is 17.5 Å². The first-order valence-corrected chi connectivity index (χ1v) is 11.1. The third-order valence-electron chi connectivity index (χ3n) is 5.50. The van der Waals surface area contributed by atoms with Crippen LogP contribution in [0, 0.1) is 11.3 Å². The Kier molecular flexibility index (Phi) is 7.93. The first-order valence-electron chi connectivity index (χ1n) is 11.1. The summed E-state index contributed by atoms with van der Waals surface area (Å²) in [6.45, 7) is 5.38. The van der Waals surface area contributed by atoms with E-state index in [-0.39, 0.29) is 0 Å². The standard InChI is InChI=1S/C24H28N8O2/c1-31(7-10-33-2)23-18(14-25)13-19(15-28-23)22-5-6-26-24(30-22)29-20-3-4-21(27-16-20)17-32-8-11-34-12-9-32/h3-6,13,15-16H,7-12,17H2,1-2H3,(H,26,29,30). The molecule has 3 aromatic heterocycles. The number of nitrogens with one attached hydrogen (secondary N) is 1. The van der Waals surface area contributed by atoms with Gasteiger partial charge in [-0.2, -0.15) is 5.26 Å². The van der Waals surface area contributed by atoms with E-state index in [2.05, 4.69) is 36.2 Å². The predicted octanol–water partition coefficient (Wildman–Crippen LogP) is 2.46. The molecule has 1 saturated heterocycles. The molecule has 176 valence electrons. The Morgan fingerprint density at radius 3 is 2.76 bits per heavy atom. The molecule has 1 aliphatic rings. The summed E-state index contributed by atoms with van der Waals surface area (Å²) in [5, 5.41) is 12.8. The van der Waals surface area contributed by atoms with Crippen LogP contribution in [0.3, 0.4) is 0 Å². The maximum absolute atomic E-state index is 9.63. The summed E-state index contributed by atoms with van der Waals surface area (Å²) in [5.41, 5.74) is 3.69. The fraction of sp³-hybridized carbons (Fsp3) is 0.375. The number of methoxy groups -OCH3 is 1. The van der Waals surface area contributed by atoms with Crippen LogP contribution in [0.15, 0.2) is 42.9 Å². The minimum atomic E-state index is 0.444. The molecule has 0 aliphatic carbocycles. The smallest absolute Gasteiger partial charge is 0.227 e. The van der Waals surface area contributed by atoms with Gasteiger partial charge in [0.2, 0.25) is 5.95 Å². The van der Waals surface area contributed by atoms with Crippen molar-refractivity contribution in [3.8, 4) is 17.3 Å². The molecule has 4 rings (SSSR count). The quantitative estimate of drug-likeness (QED) is 0.511. The van der Waals surface area contributed by atoms with E-state index in [9.17, 15) is 5.26 Å². The van der Waals surface area contributed by atoms with E-state index in [1.165, 1.54) is 0 Å². The van der Waals surface area contributed by atoms with Crippen molar-refractivity contribution in [2.75, 3.05) is 63.8 Å². The van der Waals surface area contributed by atoms with E-state index in [1.54, 1.807) is 37.8 Å². The molecular weight excluding hydrogens is 432 g/mol. The molecule has 3 aromatic rings. The van der Waals surface area contributed by atoms with Crippen molar-refractivity contribution in [1.29, 1.82) is 5.26 Å². The largest absolute Gasteiger partial charge is 0.383 e. The lowest BCUT2D eigenvalue weighted by molar-refractivity contribution is 0.0336. The van der Waals surface area contributed by atoms with Gasteiger partial charge < -0.3 is 19.7 Å². The van der Waals surface area contributed by atoms with Crippen LogP contribution in [-0.2, 0) is 16.0 Å². The Morgan fingerprint density at radius 1 is 1.18 bits per heavy atom. The first kappa shape index (κ1) is 23.5. The summed E-state index contributed by atoms with van der Waals surface area (Å²) in [4.78, 5) is 22.2. The molecule has 0 bridgehead atoms. The fourth-order valence-corrected chi connectivity index (χ4v) is 3.61. The van der Waals surface area contributed by atoms with Gasteiger partial charge in [0.15, 0.2) is 0 Å². The Morgan fingerprint density at radius 2 is 2.03 bits per heavy atom. The second-order valence-electron chi connectivity index (χ2n) is 7.94. The first-order chi connectivity index (χ1) is 16.7. The van der Waals surface area contributed by atoms with Gasteiger partial charge in [0.1, 0.15) is 11.9 Å². The molecule has 0 radical (unpaired) electrons. The van der Waals surface area contributed by atoms with Gasteiger partial charge in [-0.15, -0.1) is 0 Å². The number of hydrogen-bond donors (Lipinski definition) is 1. The van der Waals surface area contributed by atoms with Gasteiger partial charge in [-0.1, -0.05) is 0 Å². The van der Waals surface area contributed by atoms with Crippen LogP contribution in [0.25, 0.3) is 11.3 Å². The summed E-state index contributed by atoms with van der Waals surface area (Å²) in [7, 11) is 3.53. The number of likely N-dealkylation sites (N-methyl/N-ethyl adjacent to an activating group) is 1. The number of nitrogens with zero attached hydrogens (tertiary/aromatic N) is 7. The average Bonchev–Trinajstić information content (AvgIpc) is 2.89. The number of morpholine rings is 1. The molecule has 10 nitrogen and oxygen atoms in total. The van der Waals surface area contributed by atoms with Gasteiger partial charge in [0.25, 0.3) is 0 Å². The summed E-state index contributed by atoms with van der Waals surface area (Å²) >= 11 is 0. The minimum absolute atomic E-state index is 0.444. The average molecular weight is 461 g/mol. The molecule has 4 heterocycles. The zero-order valence-corrected chi connectivity index (χ0v) is 19.4. The van der Waals surface area contributed by atoms with Crippen LogP contribution < -0.4 is 10.2 Å². The molecular formula is C24H28N8O2. The molecule has 0 aromatic carbocycles. The molecule has 0 unspecified atom stereocenters. The highest BCUT2D eigenvalue weighted by molar-refractivity contribution is 5.66. The number of aromatic nitrogens is 4. The van der Waals surface area contributed by atoms with Gasteiger partial charge in [-0.25, -0.2) is 15.0 Å². The van der Waals surface area contributed by atoms with Gasteiger partial charge >= 0.3 is 0 Å². The zero-order chi connectivity index (χ0) is 23.8. The summed E-state index contributed by atoms with van der Waals surface area (Å²) in [5.74, 6) is 1.05. The number of nitriles is 1. The van der Waals surface area contributed by atoms with Crippen LogP contribution in [-0.4, -0.2) is 78.4 Å². The molecule has 1 aliphatic heterocycles. The molecule has 0 spiro atoms. The summed E-state index contributed by atoms with van der Waals surface area (Å²) in [6.07, 6.45) is 5.18. The second kappa shape index (κ2) is 11.5. The number of rotatable bonds is 9. The van der Waals surface area contributed by atoms with Crippen LogP contribution in [0.2, 0.25) is 0 Å². The third-order valence-corrected chi connectivity index (χ3v) is 5.50. The molecule has 1 N–H and O–H groups in total. The molecule has 1 fully saturated rings. The van der Waals surface area contributed by atoms with Crippen molar-refractivity contribution < 1.29 is 9.47 Å². The third kappa shape index (κ3) is 6.02. The second-order valence-corrected chi connectivity index (χ2v) is 7.94. The van der Waals surface area contributed by atoms with E-state index in [0.717, 1.165) is 49.8 Å². The van der Waals surface area contributed by atoms with E-state index >= 15 is 0 Å². The van der Waals surface area contributed by atoms with Crippen molar-refractivity contribution in [3.05, 3.63) is 54.1 Å². The van der Waals surface area contributed by atoms with Crippen LogP contribution >= 0.6 is 0 Å². The maximum atomic E-state index is 9.63. The van der Waals surface area contributed by atoms with Gasteiger partial charge in [-0.05, 0) is 24.3 Å².